The number of aromatic nitrogens is 1. The fourth-order valence-corrected chi connectivity index (χ4v) is 2.80. The van der Waals surface area contributed by atoms with E-state index in [-0.39, 0.29) is 17.7 Å². The van der Waals surface area contributed by atoms with Crippen molar-refractivity contribution in [2.24, 2.45) is 0 Å². The quantitative estimate of drug-likeness (QED) is 0.802. The van der Waals surface area contributed by atoms with Gasteiger partial charge in [-0.15, -0.1) is 0 Å². The number of carbonyl (C=O) groups is 2. The van der Waals surface area contributed by atoms with Gasteiger partial charge in [-0.25, -0.2) is 0 Å². The number of Topliss-reactive ketones (excluding diaryl/α,β-unsaturated/α-hetero) is 1. The van der Waals surface area contributed by atoms with Crippen molar-refractivity contribution >= 4 is 11.7 Å². The van der Waals surface area contributed by atoms with Crippen LogP contribution in [0.2, 0.25) is 0 Å². The molecule has 1 unspecified atom stereocenters. The van der Waals surface area contributed by atoms with Gasteiger partial charge in [-0.1, -0.05) is 0 Å². The van der Waals surface area contributed by atoms with Gasteiger partial charge in [0.2, 0.25) is 0 Å². The van der Waals surface area contributed by atoms with Crippen LogP contribution in [-0.2, 0) is 0 Å². The molecule has 23 heavy (non-hydrogen) atoms. The molecule has 2 N–H and O–H groups in total. The predicted molar refractivity (Wildman–Crippen MR) is 87.7 cm³/mol. The molecule has 0 aliphatic rings. The molecule has 2 rings (SSSR count). The number of hydrogen-bond acceptors (Lipinski definition) is 4. The Morgan fingerprint density at radius 1 is 1.35 bits per heavy atom. The zero-order valence-electron chi connectivity index (χ0n) is 14.2. The van der Waals surface area contributed by atoms with E-state index in [4.69, 9.17) is 4.42 Å². The van der Waals surface area contributed by atoms with E-state index in [1.165, 1.54) is 6.92 Å². The summed E-state index contributed by atoms with van der Waals surface area (Å²) in [6, 6.07) is 3.65. The maximum atomic E-state index is 12.4. The van der Waals surface area contributed by atoms with Gasteiger partial charge in [-0.05, 0) is 52.6 Å². The van der Waals surface area contributed by atoms with Crippen LogP contribution >= 0.6 is 0 Å². The minimum Gasteiger partial charge on any atom is -0.468 e. The van der Waals surface area contributed by atoms with E-state index >= 15 is 0 Å². The first-order chi connectivity index (χ1) is 10.8. The van der Waals surface area contributed by atoms with E-state index in [2.05, 4.69) is 10.3 Å². The highest BCUT2D eigenvalue weighted by Crippen LogP contribution is 2.20. The Morgan fingerprint density at radius 3 is 2.52 bits per heavy atom. The third kappa shape index (κ3) is 3.53. The molecule has 0 aliphatic carbocycles. The maximum Gasteiger partial charge on any atom is 0.268 e. The first-order valence-electron chi connectivity index (χ1n) is 7.51. The predicted octanol–water partition coefficient (Wildman–Crippen LogP) is 2.46. The lowest BCUT2D eigenvalue weighted by Crippen LogP contribution is -2.34. The summed E-state index contributed by atoms with van der Waals surface area (Å²) >= 11 is 0. The Labute approximate surface area is 135 Å². The number of H-pyrrole nitrogens is 1. The second kappa shape index (κ2) is 6.83. The largest absolute Gasteiger partial charge is 0.468 e. The van der Waals surface area contributed by atoms with Crippen LogP contribution in [0.25, 0.3) is 0 Å². The highest BCUT2D eigenvalue weighted by atomic mass is 16.3. The van der Waals surface area contributed by atoms with E-state index in [1.54, 1.807) is 20.1 Å². The van der Waals surface area contributed by atoms with E-state index in [1.807, 2.05) is 31.1 Å². The average molecular weight is 317 g/mol. The highest BCUT2D eigenvalue weighted by Gasteiger charge is 2.22. The second-order valence-electron chi connectivity index (χ2n) is 5.89. The van der Waals surface area contributed by atoms with Crippen molar-refractivity contribution in [2.45, 2.75) is 26.8 Å². The molecule has 0 fully saturated rings. The van der Waals surface area contributed by atoms with Crippen molar-refractivity contribution in [3.63, 3.8) is 0 Å². The van der Waals surface area contributed by atoms with Gasteiger partial charge in [0.25, 0.3) is 5.91 Å². The zero-order valence-corrected chi connectivity index (χ0v) is 14.2. The second-order valence-corrected chi connectivity index (χ2v) is 5.89. The van der Waals surface area contributed by atoms with Crippen molar-refractivity contribution in [2.75, 3.05) is 20.6 Å². The van der Waals surface area contributed by atoms with Crippen LogP contribution in [0.15, 0.2) is 22.8 Å². The molecule has 0 saturated carbocycles. The fourth-order valence-electron chi connectivity index (χ4n) is 2.80. The minimum absolute atomic E-state index is 0.0444. The topological polar surface area (TPSA) is 78.3 Å². The molecular formula is C17H23N3O3. The summed E-state index contributed by atoms with van der Waals surface area (Å²) in [5.74, 6) is 0.521. The Hall–Kier alpha value is -2.34. The van der Waals surface area contributed by atoms with Gasteiger partial charge < -0.3 is 14.7 Å². The SMILES string of the molecule is CC(=O)c1c(C)[nH]c(C(=O)NCC(c2ccco2)N(C)C)c1C. The molecule has 124 valence electrons. The molecule has 6 heteroatoms. The van der Waals surface area contributed by atoms with Crippen LogP contribution < -0.4 is 5.32 Å². The van der Waals surface area contributed by atoms with Crippen LogP contribution in [0.4, 0.5) is 0 Å². The minimum atomic E-state index is -0.225. The molecule has 0 radical (unpaired) electrons. The van der Waals surface area contributed by atoms with Gasteiger partial charge in [0.1, 0.15) is 11.5 Å². The lowest BCUT2D eigenvalue weighted by molar-refractivity contribution is 0.0933. The van der Waals surface area contributed by atoms with Gasteiger partial charge >= 0.3 is 0 Å². The van der Waals surface area contributed by atoms with Gasteiger partial charge in [-0.2, -0.15) is 0 Å². The Bertz CT molecular complexity index is 699. The summed E-state index contributed by atoms with van der Waals surface area (Å²) in [4.78, 5) is 29.1. The first kappa shape index (κ1) is 17.0. The van der Waals surface area contributed by atoms with Crippen molar-refractivity contribution in [1.29, 1.82) is 0 Å². The Balaban J connectivity index is 2.13. The Morgan fingerprint density at radius 2 is 2.04 bits per heavy atom. The Kier molecular flexibility index (Phi) is 5.05. The number of rotatable bonds is 6. The van der Waals surface area contributed by atoms with Gasteiger partial charge in [0, 0.05) is 17.8 Å². The molecule has 0 bridgehead atoms. The molecule has 6 nitrogen and oxygen atoms in total. The van der Waals surface area contributed by atoms with Gasteiger partial charge in [-0.3, -0.25) is 14.5 Å². The molecule has 1 atom stereocenters. The molecule has 2 aromatic rings. The molecule has 2 heterocycles. The number of hydrogen-bond donors (Lipinski definition) is 2. The van der Waals surface area contributed by atoms with Crippen molar-refractivity contribution in [1.82, 2.24) is 15.2 Å². The molecule has 0 aromatic carbocycles. The number of carbonyl (C=O) groups excluding carboxylic acids is 2. The highest BCUT2D eigenvalue weighted by molar-refractivity contribution is 6.02. The van der Waals surface area contributed by atoms with Crippen LogP contribution in [0, 0.1) is 13.8 Å². The number of furan rings is 1. The number of nitrogens with one attached hydrogen (secondary N) is 2. The monoisotopic (exact) mass is 317 g/mol. The van der Waals surface area contributed by atoms with Crippen LogP contribution in [0.1, 0.15) is 50.8 Å². The van der Waals surface area contributed by atoms with E-state index in [0.717, 1.165) is 11.5 Å². The molecule has 0 spiro atoms. The number of amides is 1. The van der Waals surface area contributed by atoms with Crippen LogP contribution in [-0.4, -0.2) is 42.2 Å². The lowest BCUT2D eigenvalue weighted by Gasteiger charge is -2.22. The van der Waals surface area contributed by atoms with Gasteiger partial charge in [0.05, 0.1) is 12.3 Å². The summed E-state index contributed by atoms with van der Waals surface area (Å²) < 4.78 is 5.43. The number of aryl methyl sites for hydroxylation is 1. The molecular weight excluding hydrogens is 294 g/mol. The zero-order chi connectivity index (χ0) is 17.1. The first-order valence-corrected chi connectivity index (χ1v) is 7.51. The third-order valence-corrected chi connectivity index (χ3v) is 3.97. The van der Waals surface area contributed by atoms with Crippen molar-refractivity contribution < 1.29 is 14.0 Å². The summed E-state index contributed by atoms with van der Waals surface area (Å²) in [7, 11) is 3.86. The number of aromatic amines is 1. The smallest absolute Gasteiger partial charge is 0.268 e. The molecule has 0 saturated heterocycles. The molecule has 1 amide bonds. The van der Waals surface area contributed by atoms with Crippen molar-refractivity contribution in [3.05, 3.63) is 46.7 Å². The van der Waals surface area contributed by atoms with Crippen molar-refractivity contribution in [3.8, 4) is 0 Å². The van der Waals surface area contributed by atoms with Crippen LogP contribution in [0.3, 0.4) is 0 Å². The third-order valence-electron chi connectivity index (χ3n) is 3.97. The van der Waals surface area contributed by atoms with Gasteiger partial charge in [0.15, 0.2) is 5.78 Å². The van der Waals surface area contributed by atoms with Crippen LogP contribution in [0.5, 0.6) is 0 Å². The summed E-state index contributed by atoms with van der Waals surface area (Å²) in [5, 5.41) is 2.91. The van der Waals surface area contributed by atoms with E-state index < -0.39 is 0 Å². The standard InChI is InChI=1S/C17H23N3O3/c1-10-15(12(3)21)11(2)19-16(10)17(22)18-9-13(20(4)5)14-7-6-8-23-14/h6-8,13,19H,9H2,1-5H3,(H,18,22). The fraction of sp³-hybridized carbons (Fsp3) is 0.412. The summed E-state index contributed by atoms with van der Waals surface area (Å²) in [6.07, 6.45) is 1.62. The van der Waals surface area contributed by atoms with E-state index in [9.17, 15) is 9.59 Å². The number of nitrogens with zero attached hydrogens (tertiary/aromatic N) is 1. The molecule has 2 aromatic heterocycles. The number of likely N-dealkylation sites (N-methyl/N-ethyl adjacent to an activating group) is 1. The van der Waals surface area contributed by atoms with E-state index in [0.29, 0.717) is 23.4 Å². The summed E-state index contributed by atoms with van der Waals surface area (Å²) in [6.45, 7) is 5.49. The maximum absolute atomic E-state index is 12.4. The normalized spacial score (nSPS) is 12.4. The average Bonchev–Trinajstić information content (AvgIpc) is 3.06. The molecule has 0 aliphatic heterocycles. The lowest BCUT2D eigenvalue weighted by atomic mass is 10.1. The summed E-state index contributed by atoms with van der Waals surface area (Å²) in [5.41, 5.74) is 2.43. The number of ketones is 1.